The Labute approximate surface area is 107 Å². The molecule has 1 saturated carbocycles. The third-order valence-electron chi connectivity index (χ3n) is 4.31. The number of rotatable bonds is 3. The van der Waals surface area contributed by atoms with E-state index in [2.05, 4.69) is 17.1 Å². The van der Waals surface area contributed by atoms with Crippen molar-refractivity contribution in [2.75, 3.05) is 6.61 Å². The van der Waals surface area contributed by atoms with Crippen LogP contribution in [-0.4, -0.2) is 22.9 Å². The molecule has 1 aromatic heterocycles. The monoisotopic (exact) mass is 251 g/mol. The predicted molar refractivity (Wildman–Crippen MR) is 66.0 cm³/mol. The first-order chi connectivity index (χ1) is 8.73. The van der Waals surface area contributed by atoms with Crippen LogP contribution in [0.4, 0.5) is 0 Å². The van der Waals surface area contributed by atoms with Gasteiger partial charge in [0.2, 0.25) is 5.89 Å². The van der Waals surface area contributed by atoms with Crippen LogP contribution in [0.15, 0.2) is 4.52 Å². The highest BCUT2D eigenvalue weighted by Gasteiger charge is 2.38. The number of ether oxygens (including phenoxy) is 1. The van der Waals surface area contributed by atoms with Crippen LogP contribution in [0.5, 0.6) is 0 Å². The first-order valence-corrected chi connectivity index (χ1v) is 6.97. The minimum atomic E-state index is -0.358. The molecule has 1 saturated heterocycles. The van der Waals surface area contributed by atoms with E-state index in [0.717, 1.165) is 45.1 Å². The van der Waals surface area contributed by atoms with E-state index in [-0.39, 0.29) is 17.6 Å². The van der Waals surface area contributed by atoms with Gasteiger partial charge in [-0.25, -0.2) is 0 Å². The molecule has 0 spiro atoms. The molecule has 2 unspecified atom stereocenters. The molecule has 5 heteroatoms. The standard InChI is InChI=1S/C13H21N3O2/c1-2-10-9(5-8-17-10)11-15-12(16-18-11)13(14)6-3-4-7-13/h9-10H,2-8,14H2,1H3. The lowest BCUT2D eigenvalue weighted by molar-refractivity contribution is 0.0953. The molecular weight excluding hydrogens is 230 g/mol. The van der Waals surface area contributed by atoms with Crippen LogP contribution in [0, 0.1) is 0 Å². The van der Waals surface area contributed by atoms with Gasteiger partial charge in [-0.15, -0.1) is 0 Å². The maximum absolute atomic E-state index is 6.34. The topological polar surface area (TPSA) is 74.2 Å². The Bertz CT molecular complexity index is 412. The van der Waals surface area contributed by atoms with Gasteiger partial charge in [-0.3, -0.25) is 0 Å². The van der Waals surface area contributed by atoms with E-state index in [9.17, 15) is 0 Å². The van der Waals surface area contributed by atoms with Gasteiger partial charge < -0.3 is 15.0 Å². The average Bonchev–Trinajstić information content (AvgIpc) is 3.08. The van der Waals surface area contributed by atoms with Crippen molar-refractivity contribution >= 4 is 0 Å². The highest BCUT2D eigenvalue weighted by molar-refractivity contribution is 5.09. The number of nitrogens with two attached hydrogens (primary N) is 1. The molecule has 2 heterocycles. The van der Waals surface area contributed by atoms with Crippen molar-refractivity contribution in [1.29, 1.82) is 0 Å². The zero-order valence-electron chi connectivity index (χ0n) is 10.9. The lowest BCUT2D eigenvalue weighted by Crippen LogP contribution is -2.34. The fraction of sp³-hybridized carbons (Fsp3) is 0.846. The van der Waals surface area contributed by atoms with Crippen molar-refractivity contribution in [3.63, 3.8) is 0 Å². The van der Waals surface area contributed by atoms with Crippen LogP contribution in [0.2, 0.25) is 0 Å². The minimum absolute atomic E-state index is 0.218. The molecular formula is C13H21N3O2. The van der Waals surface area contributed by atoms with Gasteiger partial charge in [0.15, 0.2) is 5.82 Å². The van der Waals surface area contributed by atoms with Gasteiger partial charge in [0.25, 0.3) is 0 Å². The van der Waals surface area contributed by atoms with Crippen LogP contribution in [0.1, 0.15) is 63.1 Å². The smallest absolute Gasteiger partial charge is 0.232 e. The van der Waals surface area contributed by atoms with Crippen molar-refractivity contribution in [2.24, 2.45) is 5.73 Å². The van der Waals surface area contributed by atoms with Gasteiger partial charge in [0, 0.05) is 6.61 Å². The summed E-state index contributed by atoms with van der Waals surface area (Å²) in [6, 6.07) is 0. The summed E-state index contributed by atoms with van der Waals surface area (Å²) in [7, 11) is 0. The van der Waals surface area contributed by atoms with Crippen LogP contribution in [0.25, 0.3) is 0 Å². The van der Waals surface area contributed by atoms with Crippen molar-refractivity contribution in [2.45, 2.75) is 63.0 Å². The van der Waals surface area contributed by atoms with E-state index in [1.165, 1.54) is 0 Å². The molecule has 1 aliphatic carbocycles. The molecule has 2 aliphatic rings. The van der Waals surface area contributed by atoms with Gasteiger partial charge in [-0.1, -0.05) is 24.9 Å². The third kappa shape index (κ3) is 1.95. The fourth-order valence-electron chi connectivity index (χ4n) is 3.15. The fourth-order valence-corrected chi connectivity index (χ4v) is 3.15. The van der Waals surface area contributed by atoms with Gasteiger partial charge in [0.1, 0.15) is 0 Å². The lowest BCUT2D eigenvalue weighted by Gasteiger charge is -2.18. The predicted octanol–water partition coefficient (Wildman–Crippen LogP) is 2.08. The molecule has 1 aliphatic heterocycles. The normalized spacial score (nSPS) is 31.0. The quantitative estimate of drug-likeness (QED) is 0.890. The molecule has 0 radical (unpaired) electrons. The van der Waals surface area contributed by atoms with Crippen LogP contribution < -0.4 is 5.73 Å². The molecule has 18 heavy (non-hydrogen) atoms. The summed E-state index contributed by atoms with van der Waals surface area (Å²) in [4.78, 5) is 4.56. The maximum Gasteiger partial charge on any atom is 0.232 e. The summed E-state index contributed by atoms with van der Waals surface area (Å²) in [6.45, 7) is 2.91. The largest absolute Gasteiger partial charge is 0.377 e. The van der Waals surface area contributed by atoms with E-state index in [1.807, 2.05) is 0 Å². The van der Waals surface area contributed by atoms with Gasteiger partial charge >= 0.3 is 0 Å². The first kappa shape index (κ1) is 12.1. The number of nitrogens with zero attached hydrogens (tertiary/aromatic N) is 2. The minimum Gasteiger partial charge on any atom is -0.377 e. The van der Waals surface area contributed by atoms with Crippen LogP contribution in [0.3, 0.4) is 0 Å². The second kappa shape index (κ2) is 4.63. The Morgan fingerprint density at radius 2 is 2.17 bits per heavy atom. The summed E-state index contributed by atoms with van der Waals surface area (Å²) in [5, 5.41) is 4.12. The Morgan fingerprint density at radius 1 is 1.39 bits per heavy atom. The van der Waals surface area contributed by atoms with Gasteiger partial charge in [0.05, 0.1) is 17.6 Å². The number of aromatic nitrogens is 2. The summed E-state index contributed by atoms with van der Waals surface area (Å²) in [5.74, 6) is 1.66. The van der Waals surface area contributed by atoms with Gasteiger partial charge in [-0.05, 0) is 25.7 Å². The summed E-state index contributed by atoms with van der Waals surface area (Å²) >= 11 is 0. The van der Waals surface area contributed by atoms with Crippen molar-refractivity contribution in [1.82, 2.24) is 10.1 Å². The van der Waals surface area contributed by atoms with Crippen molar-refractivity contribution in [3.8, 4) is 0 Å². The van der Waals surface area contributed by atoms with Crippen LogP contribution in [-0.2, 0) is 10.3 Å². The molecule has 2 N–H and O–H groups in total. The van der Waals surface area contributed by atoms with E-state index in [1.54, 1.807) is 0 Å². The summed E-state index contributed by atoms with van der Waals surface area (Å²) in [5.41, 5.74) is 5.99. The molecule has 1 aromatic rings. The molecule has 0 bridgehead atoms. The highest BCUT2D eigenvalue weighted by Crippen LogP contribution is 2.37. The Hall–Kier alpha value is -0.940. The maximum atomic E-state index is 6.34. The van der Waals surface area contributed by atoms with Crippen molar-refractivity contribution in [3.05, 3.63) is 11.7 Å². The molecule has 5 nitrogen and oxygen atoms in total. The molecule has 100 valence electrons. The first-order valence-electron chi connectivity index (χ1n) is 6.97. The molecule has 2 atom stereocenters. The second-order valence-corrected chi connectivity index (χ2v) is 5.53. The lowest BCUT2D eigenvalue weighted by atomic mass is 9.97. The van der Waals surface area contributed by atoms with E-state index in [4.69, 9.17) is 15.0 Å². The number of hydrogen-bond acceptors (Lipinski definition) is 5. The summed E-state index contributed by atoms with van der Waals surface area (Å²) in [6.07, 6.45) is 6.41. The van der Waals surface area contributed by atoms with E-state index < -0.39 is 0 Å². The van der Waals surface area contributed by atoms with E-state index in [0.29, 0.717) is 11.7 Å². The Kier molecular flexibility index (Phi) is 3.11. The van der Waals surface area contributed by atoms with Crippen molar-refractivity contribution < 1.29 is 9.26 Å². The van der Waals surface area contributed by atoms with Crippen LogP contribution >= 0.6 is 0 Å². The van der Waals surface area contributed by atoms with Gasteiger partial charge in [-0.2, -0.15) is 4.98 Å². The zero-order chi connectivity index (χ0) is 12.6. The molecule has 0 aromatic carbocycles. The molecule has 3 rings (SSSR count). The SMILES string of the molecule is CCC1OCCC1c1nc(C2(N)CCCC2)no1. The molecule has 0 amide bonds. The second-order valence-electron chi connectivity index (χ2n) is 5.53. The van der Waals surface area contributed by atoms with E-state index >= 15 is 0 Å². The average molecular weight is 251 g/mol. The Balaban J connectivity index is 1.81. The molecule has 2 fully saturated rings. The number of hydrogen-bond donors (Lipinski definition) is 1. The Morgan fingerprint density at radius 3 is 2.89 bits per heavy atom. The third-order valence-corrected chi connectivity index (χ3v) is 4.31. The zero-order valence-corrected chi connectivity index (χ0v) is 10.9. The highest BCUT2D eigenvalue weighted by atomic mass is 16.5. The summed E-state index contributed by atoms with van der Waals surface area (Å²) < 4.78 is 11.1.